The molecule has 0 aliphatic carbocycles. The van der Waals surface area contributed by atoms with Crippen LogP contribution in [-0.4, -0.2) is 0 Å². The third kappa shape index (κ3) is 2.71. The van der Waals surface area contributed by atoms with Crippen LogP contribution in [0.15, 0.2) is 41.0 Å². The molecule has 1 heterocycles. The van der Waals surface area contributed by atoms with Gasteiger partial charge in [-0.3, -0.25) is 0 Å². The molecule has 0 atom stereocenters. The molecule has 0 saturated carbocycles. The standard InChI is InChI=1S/C13H11FN2O/c14-13-10(7-15)3-1-4-11(13)8-16-9-12-5-2-6-17-12/h1-6,16H,8-9H2. The van der Waals surface area contributed by atoms with E-state index in [1.54, 1.807) is 24.5 Å². The van der Waals surface area contributed by atoms with Crippen LogP contribution in [0.25, 0.3) is 0 Å². The minimum absolute atomic E-state index is 0.0716. The fourth-order valence-electron chi connectivity index (χ4n) is 1.54. The summed E-state index contributed by atoms with van der Waals surface area (Å²) in [6.07, 6.45) is 1.59. The summed E-state index contributed by atoms with van der Waals surface area (Å²) in [6.45, 7) is 0.894. The molecule has 4 heteroatoms. The van der Waals surface area contributed by atoms with E-state index in [0.717, 1.165) is 5.76 Å². The van der Waals surface area contributed by atoms with Gasteiger partial charge in [0, 0.05) is 12.1 Å². The molecule has 0 bridgehead atoms. The number of furan rings is 1. The first-order chi connectivity index (χ1) is 8.31. The van der Waals surface area contributed by atoms with Crippen LogP contribution in [0.3, 0.4) is 0 Å². The van der Waals surface area contributed by atoms with Gasteiger partial charge in [-0.2, -0.15) is 5.26 Å². The van der Waals surface area contributed by atoms with Crippen molar-refractivity contribution in [1.82, 2.24) is 5.32 Å². The minimum Gasteiger partial charge on any atom is -0.468 e. The molecule has 0 saturated heterocycles. The van der Waals surface area contributed by atoms with E-state index in [1.807, 2.05) is 12.1 Å². The normalized spacial score (nSPS) is 10.1. The highest BCUT2D eigenvalue weighted by molar-refractivity contribution is 5.34. The zero-order valence-corrected chi connectivity index (χ0v) is 9.11. The fraction of sp³-hybridized carbons (Fsp3) is 0.154. The Balaban J connectivity index is 1.98. The molecular formula is C13H11FN2O. The van der Waals surface area contributed by atoms with Crippen LogP contribution in [0.2, 0.25) is 0 Å². The second-order valence-electron chi connectivity index (χ2n) is 3.57. The first-order valence-corrected chi connectivity index (χ1v) is 5.22. The van der Waals surface area contributed by atoms with E-state index in [-0.39, 0.29) is 5.56 Å². The molecule has 86 valence electrons. The van der Waals surface area contributed by atoms with Crippen molar-refractivity contribution >= 4 is 0 Å². The summed E-state index contributed by atoms with van der Waals surface area (Å²) in [4.78, 5) is 0. The molecule has 2 rings (SSSR count). The van der Waals surface area contributed by atoms with Gasteiger partial charge in [-0.05, 0) is 18.2 Å². The molecule has 17 heavy (non-hydrogen) atoms. The maximum atomic E-state index is 13.7. The maximum absolute atomic E-state index is 13.7. The van der Waals surface area contributed by atoms with Gasteiger partial charge in [0.25, 0.3) is 0 Å². The molecular weight excluding hydrogens is 219 g/mol. The molecule has 0 amide bonds. The lowest BCUT2D eigenvalue weighted by molar-refractivity contribution is 0.479. The molecule has 0 unspecified atom stereocenters. The van der Waals surface area contributed by atoms with Crippen molar-refractivity contribution in [2.45, 2.75) is 13.1 Å². The molecule has 0 fully saturated rings. The number of nitriles is 1. The quantitative estimate of drug-likeness (QED) is 0.878. The zero-order chi connectivity index (χ0) is 12.1. The summed E-state index contributed by atoms with van der Waals surface area (Å²) in [5, 5.41) is 11.7. The SMILES string of the molecule is N#Cc1cccc(CNCc2ccco2)c1F. The van der Waals surface area contributed by atoms with E-state index < -0.39 is 5.82 Å². The van der Waals surface area contributed by atoms with Crippen LogP contribution < -0.4 is 5.32 Å². The van der Waals surface area contributed by atoms with E-state index >= 15 is 0 Å². The summed E-state index contributed by atoms with van der Waals surface area (Å²) in [6, 6.07) is 10.3. The van der Waals surface area contributed by atoms with Crippen LogP contribution in [0.5, 0.6) is 0 Å². The van der Waals surface area contributed by atoms with Crippen molar-refractivity contribution < 1.29 is 8.81 Å². The lowest BCUT2D eigenvalue weighted by Crippen LogP contribution is -2.13. The maximum Gasteiger partial charge on any atom is 0.145 e. The summed E-state index contributed by atoms with van der Waals surface area (Å²) in [5.74, 6) is 0.337. The second kappa shape index (κ2) is 5.28. The van der Waals surface area contributed by atoms with Gasteiger partial charge >= 0.3 is 0 Å². The largest absolute Gasteiger partial charge is 0.468 e. The van der Waals surface area contributed by atoms with Crippen molar-refractivity contribution in [3.05, 3.63) is 59.3 Å². The number of nitrogens with one attached hydrogen (secondary N) is 1. The van der Waals surface area contributed by atoms with E-state index in [9.17, 15) is 4.39 Å². The fourth-order valence-corrected chi connectivity index (χ4v) is 1.54. The Morgan fingerprint density at radius 3 is 2.82 bits per heavy atom. The van der Waals surface area contributed by atoms with Crippen LogP contribution in [-0.2, 0) is 13.1 Å². The van der Waals surface area contributed by atoms with Gasteiger partial charge in [-0.25, -0.2) is 4.39 Å². The number of halogens is 1. The molecule has 1 aromatic carbocycles. The van der Waals surface area contributed by atoms with E-state index in [0.29, 0.717) is 18.7 Å². The molecule has 1 aromatic heterocycles. The molecule has 2 aromatic rings. The lowest BCUT2D eigenvalue weighted by atomic mass is 10.1. The first kappa shape index (κ1) is 11.4. The van der Waals surface area contributed by atoms with Crippen LogP contribution in [0, 0.1) is 17.1 Å². The van der Waals surface area contributed by atoms with E-state index in [1.165, 1.54) is 6.07 Å². The topological polar surface area (TPSA) is 49.0 Å². The van der Waals surface area contributed by atoms with E-state index in [2.05, 4.69) is 5.32 Å². The van der Waals surface area contributed by atoms with Crippen LogP contribution in [0.4, 0.5) is 4.39 Å². The predicted octanol–water partition coefficient (Wildman–Crippen LogP) is 2.58. The van der Waals surface area contributed by atoms with Crippen molar-refractivity contribution in [2.24, 2.45) is 0 Å². The monoisotopic (exact) mass is 230 g/mol. The lowest BCUT2D eigenvalue weighted by Gasteiger charge is -2.05. The Bertz CT molecular complexity index is 529. The van der Waals surface area contributed by atoms with Crippen molar-refractivity contribution in [3.8, 4) is 6.07 Å². The van der Waals surface area contributed by atoms with Crippen LogP contribution >= 0.6 is 0 Å². The number of hydrogen-bond acceptors (Lipinski definition) is 3. The van der Waals surface area contributed by atoms with Crippen LogP contribution in [0.1, 0.15) is 16.9 Å². The molecule has 0 spiro atoms. The minimum atomic E-state index is -0.457. The summed E-state index contributed by atoms with van der Waals surface area (Å²) in [7, 11) is 0. The Kier molecular flexibility index (Phi) is 3.53. The average Bonchev–Trinajstić information content (AvgIpc) is 2.84. The number of benzene rings is 1. The highest BCUT2D eigenvalue weighted by atomic mass is 19.1. The predicted molar refractivity (Wildman–Crippen MR) is 60.4 cm³/mol. The Hall–Kier alpha value is -2.12. The summed E-state index contributed by atoms with van der Waals surface area (Å²) >= 11 is 0. The number of rotatable bonds is 4. The highest BCUT2D eigenvalue weighted by Crippen LogP contribution is 2.12. The number of hydrogen-bond donors (Lipinski definition) is 1. The molecule has 0 aliphatic rings. The summed E-state index contributed by atoms with van der Waals surface area (Å²) in [5.41, 5.74) is 0.554. The zero-order valence-electron chi connectivity index (χ0n) is 9.11. The third-order valence-corrected chi connectivity index (χ3v) is 2.39. The van der Waals surface area contributed by atoms with Crippen molar-refractivity contribution in [3.63, 3.8) is 0 Å². The van der Waals surface area contributed by atoms with Crippen molar-refractivity contribution in [1.29, 1.82) is 5.26 Å². The average molecular weight is 230 g/mol. The second-order valence-corrected chi connectivity index (χ2v) is 3.57. The van der Waals surface area contributed by atoms with Gasteiger partial charge in [0.1, 0.15) is 17.6 Å². The number of nitrogens with zero attached hydrogens (tertiary/aromatic N) is 1. The molecule has 0 radical (unpaired) electrons. The Labute approximate surface area is 98.5 Å². The van der Waals surface area contributed by atoms with Gasteiger partial charge in [0.05, 0.1) is 18.4 Å². The highest BCUT2D eigenvalue weighted by Gasteiger charge is 2.06. The van der Waals surface area contributed by atoms with Crippen molar-refractivity contribution in [2.75, 3.05) is 0 Å². The van der Waals surface area contributed by atoms with Gasteiger partial charge < -0.3 is 9.73 Å². The van der Waals surface area contributed by atoms with Gasteiger partial charge in [0.15, 0.2) is 0 Å². The van der Waals surface area contributed by atoms with E-state index in [4.69, 9.17) is 9.68 Å². The van der Waals surface area contributed by atoms with Gasteiger partial charge in [0.2, 0.25) is 0 Å². The summed E-state index contributed by atoms with van der Waals surface area (Å²) < 4.78 is 18.8. The molecule has 0 aliphatic heterocycles. The first-order valence-electron chi connectivity index (χ1n) is 5.22. The Morgan fingerprint density at radius 1 is 1.24 bits per heavy atom. The third-order valence-electron chi connectivity index (χ3n) is 2.39. The molecule has 1 N–H and O–H groups in total. The Morgan fingerprint density at radius 2 is 2.12 bits per heavy atom. The smallest absolute Gasteiger partial charge is 0.145 e. The van der Waals surface area contributed by atoms with Gasteiger partial charge in [-0.15, -0.1) is 0 Å². The van der Waals surface area contributed by atoms with Gasteiger partial charge in [-0.1, -0.05) is 12.1 Å². The molecule has 3 nitrogen and oxygen atoms in total.